The minimum atomic E-state index is -1.08. The van der Waals surface area contributed by atoms with Gasteiger partial charge in [-0.2, -0.15) is 0 Å². The Morgan fingerprint density at radius 1 is 1.61 bits per heavy atom. The summed E-state index contributed by atoms with van der Waals surface area (Å²) in [6.45, 7) is 0.102. The molecule has 2 unspecified atom stereocenters. The molecule has 1 aliphatic heterocycles. The third kappa shape index (κ3) is 2.23. The second-order valence-corrected chi connectivity index (χ2v) is 4.03. The van der Waals surface area contributed by atoms with E-state index in [2.05, 4.69) is 4.98 Å². The van der Waals surface area contributed by atoms with Gasteiger partial charge in [-0.15, -0.1) is 0 Å². The summed E-state index contributed by atoms with van der Waals surface area (Å²) in [5.41, 5.74) is -0.162. The van der Waals surface area contributed by atoms with Crippen LogP contribution in [0, 0.1) is 10.1 Å². The monoisotopic (exact) mass is 253 g/mol. The molecule has 1 aromatic heterocycles. The number of nitro groups is 1. The van der Waals surface area contributed by atoms with Gasteiger partial charge in [0.1, 0.15) is 11.9 Å². The number of carboxylic acid groups (broad SMARTS) is 1. The van der Waals surface area contributed by atoms with Crippen LogP contribution in [0.1, 0.15) is 6.42 Å². The van der Waals surface area contributed by atoms with Gasteiger partial charge in [-0.05, 0) is 0 Å². The summed E-state index contributed by atoms with van der Waals surface area (Å²) in [6, 6.07) is 1.52. The van der Waals surface area contributed by atoms with Crippen molar-refractivity contribution in [3.63, 3.8) is 0 Å². The zero-order valence-electron chi connectivity index (χ0n) is 9.26. The number of nitrogens with zero attached hydrogens (tertiary/aromatic N) is 3. The van der Waals surface area contributed by atoms with E-state index < -0.39 is 23.0 Å². The Kier molecular flexibility index (Phi) is 3.11. The molecule has 1 aliphatic rings. The fraction of sp³-hybridized carbons (Fsp3) is 0.400. The molecule has 2 heterocycles. The molecule has 2 rings (SSSR count). The van der Waals surface area contributed by atoms with E-state index in [0.29, 0.717) is 0 Å². The summed E-state index contributed by atoms with van der Waals surface area (Å²) in [5.74, 6) is -0.895. The van der Waals surface area contributed by atoms with Crippen molar-refractivity contribution in [3.8, 4) is 0 Å². The van der Waals surface area contributed by atoms with Gasteiger partial charge in [-0.1, -0.05) is 0 Å². The number of β-amino-alcohol motifs (C(OH)–C–C–N with tert-alkyl or cyclic N) is 1. The largest absolute Gasteiger partial charge is 0.480 e. The predicted molar refractivity (Wildman–Crippen MR) is 60.3 cm³/mol. The normalized spacial score (nSPS) is 23.1. The van der Waals surface area contributed by atoms with Crippen molar-refractivity contribution in [1.82, 2.24) is 4.98 Å². The van der Waals surface area contributed by atoms with Gasteiger partial charge in [0.25, 0.3) is 5.69 Å². The van der Waals surface area contributed by atoms with Crippen molar-refractivity contribution in [2.45, 2.75) is 18.6 Å². The molecule has 18 heavy (non-hydrogen) atoms. The summed E-state index contributed by atoms with van der Waals surface area (Å²) < 4.78 is 0. The van der Waals surface area contributed by atoms with Gasteiger partial charge in [0.15, 0.2) is 0 Å². The van der Waals surface area contributed by atoms with E-state index in [4.69, 9.17) is 5.11 Å². The van der Waals surface area contributed by atoms with Crippen molar-refractivity contribution in [3.05, 3.63) is 28.4 Å². The van der Waals surface area contributed by atoms with Crippen LogP contribution in [0.4, 0.5) is 11.5 Å². The van der Waals surface area contributed by atoms with Gasteiger partial charge >= 0.3 is 5.97 Å². The summed E-state index contributed by atoms with van der Waals surface area (Å²) in [7, 11) is 0. The number of rotatable bonds is 3. The molecule has 0 spiro atoms. The number of aromatic nitrogens is 1. The second kappa shape index (κ2) is 4.57. The number of hydrogen-bond acceptors (Lipinski definition) is 6. The lowest BCUT2D eigenvalue weighted by atomic mass is 10.2. The molecule has 8 heteroatoms. The Bertz CT molecular complexity index is 492. The van der Waals surface area contributed by atoms with E-state index in [1.165, 1.54) is 23.2 Å². The van der Waals surface area contributed by atoms with E-state index in [1.807, 2.05) is 0 Å². The van der Waals surface area contributed by atoms with Crippen molar-refractivity contribution in [1.29, 1.82) is 0 Å². The van der Waals surface area contributed by atoms with Crippen molar-refractivity contribution in [2.75, 3.05) is 11.4 Å². The zero-order valence-corrected chi connectivity index (χ0v) is 9.26. The molecule has 1 aromatic rings. The summed E-state index contributed by atoms with van der Waals surface area (Å²) in [4.78, 5) is 26.4. The van der Waals surface area contributed by atoms with Gasteiger partial charge in [0.05, 0.1) is 17.1 Å². The SMILES string of the molecule is O=C(O)C1CC(O)CN1c1cc([N+](=O)[O-])ccn1. The molecule has 96 valence electrons. The van der Waals surface area contributed by atoms with Crippen LogP contribution >= 0.6 is 0 Å². The smallest absolute Gasteiger partial charge is 0.326 e. The molecule has 0 bridgehead atoms. The molecule has 1 saturated heterocycles. The molecule has 0 saturated carbocycles. The first-order chi connectivity index (χ1) is 8.49. The first-order valence-corrected chi connectivity index (χ1v) is 5.27. The standard InChI is InChI=1S/C10H11N3O5/c14-7-4-8(10(15)16)12(5-7)9-3-6(13(17)18)1-2-11-9/h1-3,7-8,14H,4-5H2,(H,15,16). The van der Waals surface area contributed by atoms with Gasteiger partial charge in [-0.3, -0.25) is 10.1 Å². The third-order valence-corrected chi connectivity index (χ3v) is 2.80. The fourth-order valence-corrected chi connectivity index (χ4v) is 1.98. The number of aliphatic hydroxyl groups excluding tert-OH is 1. The van der Waals surface area contributed by atoms with Gasteiger partial charge in [-0.25, -0.2) is 9.78 Å². The van der Waals surface area contributed by atoms with Crippen molar-refractivity contribution < 1.29 is 19.9 Å². The molecular formula is C10H11N3O5. The lowest BCUT2D eigenvalue weighted by Crippen LogP contribution is -2.36. The third-order valence-electron chi connectivity index (χ3n) is 2.80. The van der Waals surface area contributed by atoms with Gasteiger partial charge in [0, 0.05) is 25.2 Å². The van der Waals surface area contributed by atoms with Gasteiger partial charge < -0.3 is 15.1 Å². The minimum Gasteiger partial charge on any atom is -0.480 e. The van der Waals surface area contributed by atoms with Crippen LogP contribution in [0.3, 0.4) is 0 Å². The highest BCUT2D eigenvalue weighted by atomic mass is 16.6. The number of carboxylic acids is 1. The molecule has 2 atom stereocenters. The van der Waals surface area contributed by atoms with Crippen LogP contribution in [0.5, 0.6) is 0 Å². The lowest BCUT2D eigenvalue weighted by molar-refractivity contribution is -0.384. The summed E-state index contributed by atoms with van der Waals surface area (Å²) in [5, 5.41) is 29.2. The van der Waals surface area contributed by atoms with E-state index in [1.54, 1.807) is 0 Å². The number of hydrogen-bond donors (Lipinski definition) is 2. The molecule has 0 aromatic carbocycles. The van der Waals surface area contributed by atoms with Crippen LogP contribution in [0.15, 0.2) is 18.3 Å². The van der Waals surface area contributed by atoms with Crippen LogP contribution < -0.4 is 4.90 Å². The maximum Gasteiger partial charge on any atom is 0.326 e. The van der Waals surface area contributed by atoms with Crippen LogP contribution in [-0.4, -0.2) is 44.8 Å². The quantitative estimate of drug-likeness (QED) is 0.575. The van der Waals surface area contributed by atoms with E-state index in [9.17, 15) is 20.0 Å². The van der Waals surface area contributed by atoms with Crippen LogP contribution in [-0.2, 0) is 4.79 Å². The van der Waals surface area contributed by atoms with Crippen molar-refractivity contribution in [2.24, 2.45) is 0 Å². The predicted octanol–water partition coefficient (Wildman–Crippen LogP) is 0.0140. The minimum absolute atomic E-state index is 0.0830. The molecule has 2 N–H and O–H groups in total. The van der Waals surface area contributed by atoms with Gasteiger partial charge in [0.2, 0.25) is 0 Å². The lowest BCUT2D eigenvalue weighted by Gasteiger charge is -2.21. The van der Waals surface area contributed by atoms with E-state index >= 15 is 0 Å². The molecule has 0 radical (unpaired) electrons. The van der Waals surface area contributed by atoms with E-state index in [-0.39, 0.29) is 24.5 Å². The second-order valence-electron chi connectivity index (χ2n) is 4.03. The average molecular weight is 253 g/mol. The number of aliphatic hydroxyl groups is 1. The van der Waals surface area contributed by atoms with Crippen LogP contribution in [0.25, 0.3) is 0 Å². The number of carbonyl (C=O) groups is 1. The van der Waals surface area contributed by atoms with Crippen LogP contribution in [0.2, 0.25) is 0 Å². The number of pyridine rings is 1. The Hall–Kier alpha value is -2.22. The Morgan fingerprint density at radius 2 is 2.33 bits per heavy atom. The molecule has 0 aliphatic carbocycles. The van der Waals surface area contributed by atoms with Crippen molar-refractivity contribution >= 4 is 17.5 Å². The maximum atomic E-state index is 11.0. The first kappa shape index (κ1) is 12.2. The molecule has 8 nitrogen and oxygen atoms in total. The summed E-state index contributed by atoms with van der Waals surface area (Å²) >= 11 is 0. The molecule has 0 amide bonds. The highest BCUT2D eigenvalue weighted by Crippen LogP contribution is 2.26. The Balaban J connectivity index is 2.32. The number of anilines is 1. The zero-order chi connectivity index (χ0) is 13.3. The number of aliphatic carboxylic acids is 1. The molecular weight excluding hydrogens is 242 g/mol. The first-order valence-electron chi connectivity index (χ1n) is 5.27. The average Bonchev–Trinajstić information content (AvgIpc) is 2.72. The highest BCUT2D eigenvalue weighted by molar-refractivity contribution is 5.78. The topological polar surface area (TPSA) is 117 Å². The Labute approximate surface area is 102 Å². The fourth-order valence-electron chi connectivity index (χ4n) is 1.98. The Morgan fingerprint density at radius 3 is 2.94 bits per heavy atom. The molecule has 1 fully saturated rings. The summed E-state index contributed by atoms with van der Waals surface area (Å²) in [6.07, 6.45) is 0.559. The maximum absolute atomic E-state index is 11.0. The highest BCUT2D eigenvalue weighted by Gasteiger charge is 2.37. The van der Waals surface area contributed by atoms with E-state index in [0.717, 1.165) is 0 Å².